The molecule has 98 valence electrons. The van der Waals surface area contributed by atoms with Gasteiger partial charge in [0.2, 0.25) is 0 Å². The van der Waals surface area contributed by atoms with Gasteiger partial charge in [0.15, 0.2) is 5.58 Å². The lowest BCUT2D eigenvalue weighted by Crippen LogP contribution is -1.84. The van der Waals surface area contributed by atoms with E-state index in [9.17, 15) is 0 Å². The van der Waals surface area contributed by atoms with Gasteiger partial charge in [0, 0.05) is 22.4 Å². The number of fused-ring (bicyclic) bond motifs is 1. The number of halogens is 1. The number of nitrogens with zero attached hydrogens (tertiary/aromatic N) is 2. The van der Waals surface area contributed by atoms with E-state index in [1.807, 2.05) is 19.9 Å². The zero-order valence-electron chi connectivity index (χ0n) is 10.4. The number of aromatic nitrogens is 2. The summed E-state index contributed by atoms with van der Waals surface area (Å²) in [5.41, 5.74) is 3.51. The number of thioether (sulfide) groups is 1. The van der Waals surface area contributed by atoms with Crippen LogP contribution in [0.5, 0.6) is 0 Å². The Kier molecular flexibility index (Phi) is 3.24. The molecule has 0 saturated carbocycles. The fraction of sp³-hybridized carbons (Fsp3) is 0.231. The normalized spacial score (nSPS) is 11.3. The van der Waals surface area contributed by atoms with Crippen molar-refractivity contribution < 1.29 is 8.94 Å². The summed E-state index contributed by atoms with van der Waals surface area (Å²) in [6.45, 7) is 3.83. The van der Waals surface area contributed by atoms with E-state index in [1.165, 1.54) is 11.8 Å². The third-order valence-corrected chi connectivity index (χ3v) is 3.94. The summed E-state index contributed by atoms with van der Waals surface area (Å²) in [7, 11) is 0. The van der Waals surface area contributed by atoms with Crippen molar-refractivity contribution in [2.75, 3.05) is 0 Å². The summed E-state index contributed by atoms with van der Waals surface area (Å²) in [6.07, 6.45) is 0. The molecule has 0 aliphatic carbocycles. The number of hydrogen-bond acceptors (Lipinski definition) is 5. The first-order chi connectivity index (χ1) is 9.13. The third-order valence-electron chi connectivity index (χ3n) is 2.85. The van der Waals surface area contributed by atoms with E-state index in [-0.39, 0.29) is 0 Å². The maximum atomic E-state index is 5.91. The third kappa shape index (κ3) is 2.48. The highest BCUT2D eigenvalue weighted by atomic mass is 35.5. The number of aryl methyl sites for hydroxylation is 2. The van der Waals surface area contributed by atoms with Crippen molar-refractivity contribution in [1.29, 1.82) is 0 Å². The summed E-state index contributed by atoms with van der Waals surface area (Å²) in [6, 6.07) is 5.42. The van der Waals surface area contributed by atoms with Crippen LogP contribution in [0.25, 0.3) is 11.1 Å². The molecule has 0 aliphatic heterocycles. The largest absolute Gasteiger partial charge is 0.431 e. The maximum absolute atomic E-state index is 5.91. The van der Waals surface area contributed by atoms with Crippen LogP contribution < -0.4 is 0 Å². The van der Waals surface area contributed by atoms with Gasteiger partial charge in [-0.05, 0) is 26.0 Å². The van der Waals surface area contributed by atoms with Crippen molar-refractivity contribution in [3.63, 3.8) is 0 Å². The summed E-state index contributed by atoms with van der Waals surface area (Å²) < 4.78 is 10.8. The van der Waals surface area contributed by atoms with Crippen LogP contribution in [0.3, 0.4) is 0 Å². The first kappa shape index (κ1) is 12.6. The molecule has 3 rings (SSSR count). The minimum atomic E-state index is 0.622. The molecule has 2 aromatic heterocycles. The summed E-state index contributed by atoms with van der Waals surface area (Å²) >= 11 is 7.43. The van der Waals surface area contributed by atoms with E-state index in [1.54, 1.807) is 12.1 Å². The first-order valence-electron chi connectivity index (χ1n) is 5.74. The predicted octanol–water partition coefficient (Wildman–Crippen LogP) is 4.38. The summed E-state index contributed by atoms with van der Waals surface area (Å²) in [5.74, 6) is 1.56. The molecular weight excluding hydrogens is 284 g/mol. The average Bonchev–Trinajstić information content (AvgIpc) is 2.91. The van der Waals surface area contributed by atoms with Gasteiger partial charge in [0.25, 0.3) is 5.22 Å². The second-order valence-electron chi connectivity index (χ2n) is 4.18. The molecule has 4 nitrogen and oxygen atoms in total. The number of oxazole rings is 1. The lowest BCUT2D eigenvalue weighted by Gasteiger charge is -1.95. The second kappa shape index (κ2) is 4.90. The molecule has 0 radical (unpaired) electrons. The van der Waals surface area contributed by atoms with Gasteiger partial charge in [-0.25, -0.2) is 4.98 Å². The fourth-order valence-corrected chi connectivity index (χ4v) is 2.93. The van der Waals surface area contributed by atoms with Gasteiger partial charge < -0.3 is 8.94 Å². The predicted molar refractivity (Wildman–Crippen MR) is 74.6 cm³/mol. The Morgan fingerprint density at radius 3 is 2.89 bits per heavy atom. The molecule has 0 amide bonds. The Bertz CT molecular complexity index is 716. The van der Waals surface area contributed by atoms with E-state index in [4.69, 9.17) is 20.5 Å². The van der Waals surface area contributed by atoms with Gasteiger partial charge in [-0.3, -0.25) is 0 Å². The van der Waals surface area contributed by atoms with Crippen molar-refractivity contribution in [3.8, 4) is 0 Å². The van der Waals surface area contributed by atoms with Crippen molar-refractivity contribution >= 4 is 34.5 Å². The molecule has 19 heavy (non-hydrogen) atoms. The van der Waals surface area contributed by atoms with E-state index in [0.29, 0.717) is 15.8 Å². The SMILES string of the molecule is Cc1noc(C)c1CSc1nc2ccc(Cl)cc2o1. The highest BCUT2D eigenvalue weighted by Gasteiger charge is 2.12. The van der Waals surface area contributed by atoms with Crippen LogP contribution in [0.1, 0.15) is 17.0 Å². The van der Waals surface area contributed by atoms with Crippen LogP contribution in [-0.2, 0) is 5.75 Å². The maximum Gasteiger partial charge on any atom is 0.257 e. The molecule has 1 aromatic carbocycles. The van der Waals surface area contributed by atoms with Crippen LogP contribution in [0, 0.1) is 13.8 Å². The molecule has 0 fully saturated rings. The van der Waals surface area contributed by atoms with Gasteiger partial charge in [-0.15, -0.1) is 0 Å². The molecule has 6 heteroatoms. The fourth-order valence-electron chi connectivity index (χ4n) is 1.78. The first-order valence-corrected chi connectivity index (χ1v) is 7.10. The van der Waals surface area contributed by atoms with Gasteiger partial charge in [-0.1, -0.05) is 28.5 Å². The Balaban J connectivity index is 1.82. The minimum Gasteiger partial charge on any atom is -0.431 e. The van der Waals surface area contributed by atoms with Crippen LogP contribution in [-0.4, -0.2) is 10.1 Å². The molecule has 0 N–H and O–H groups in total. The molecule has 0 spiro atoms. The molecule has 0 unspecified atom stereocenters. The summed E-state index contributed by atoms with van der Waals surface area (Å²) in [4.78, 5) is 4.40. The minimum absolute atomic E-state index is 0.622. The van der Waals surface area contributed by atoms with Gasteiger partial charge >= 0.3 is 0 Å². The zero-order chi connectivity index (χ0) is 13.4. The topological polar surface area (TPSA) is 52.1 Å². The summed E-state index contributed by atoms with van der Waals surface area (Å²) in [5, 5.41) is 5.19. The number of benzene rings is 1. The van der Waals surface area contributed by atoms with Crippen LogP contribution in [0.15, 0.2) is 32.4 Å². The molecule has 0 bridgehead atoms. The van der Waals surface area contributed by atoms with Gasteiger partial charge in [0.1, 0.15) is 11.3 Å². The van der Waals surface area contributed by atoms with E-state index >= 15 is 0 Å². The van der Waals surface area contributed by atoms with Crippen molar-refractivity contribution in [2.45, 2.75) is 24.8 Å². The smallest absolute Gasteiger partial charge is 0.257 e. The molecular formula is C13H11ClN2O2S. The molecule has 2 heterocycles. The van der Waals surface area contributed by atoms with Crippen molar-refractivity contribution in [1.82, 2.24) is 10.1 Å². The molecule has 0 aliphatic rings. The second-order valence-corrected chi connectivity index (χ2v) is 5.55. The van der Waals surface area contributed by atoms with E-state index in [2.05, 4.69) is 10.1 Å². The van der Waals surface area contributed by atoms with Crippen molar-refractivity contribution in [3.05, 3.63) is 40.2 Å². The Morgan fingerprint density at radius 1 is 1.32 bits per heavy atom. The van der Waals surface area contributed by atoms with E-state index < -0.39 is 0 Å². The Hall–Kier alpha value is -1.46. The Labute approximate surface area is 119 Å². The van der Waals surface area contributed by atoms with Crippen LogP contribution in [0.2, 0.25) is 5.02 Å². The van der Waals surface area contributed by atoms with Crippen LogP contribution in [0.4, 0.5) is 0 Å². The lowest BCUT2D eigenvalue weighted by molar-refractivity contribution is 0.392. The van der Waals surface area contributed by atoms with Crippen molar-refractivity contribution in [2.24, 2.45) is 0 Å². The van der Waals surface area contributed by atoms with Gasteiger partial charge in [-0.2, -0.15) is 0 Å². The monoisotopic (exact) mass is 294 g/mol. The van der Waals surface area contributed by atoms with Crippen LogP contribution >= 0.6 is 23.4 Å². The quantitative estimate of drug-likeness (QED) is 0.671. The number of rotatable bonds is 3. The standard InChI is InChI=1S/C13H11ClN2O2S/c1-7-10(8(2)18-16-7)6-19-13-15-11-4-3-9(14)5-12(11)17-13/h3-5H,6H2,1-2H3. The molecule has 0 saturated heterocycles. The average molecular weight is 295 g/mol. The van der Waals surface area contributed by atoms with E-state index in [0.717, 1.165) is 28.3 Å². The van der Waals surface area contributed by atoms with Gasteiger partial charge in [0.05, 0.1) is 5.69 Å². The molecule has 0 atom stereocenters. The molecule has 3 aromatic rings. The Morgan fingerprint density at radius 2 is 2.16 bits per heavy atom. The lowest BCUT2D eigenvalue weighted by atomic mass is 10.2. The number of hydrogen-bond donors (Lipinski definition) is 0. The highest BCUT2D eigenvalue weighted by Crippen LogP contribution is 2.29. The highest BCUT2D eigenvalue weighted by molar-refractivity contribution is 7.98. The zero-order valence-corrected chi connectivity index (χ0v) is 12.0.